The maximum Gasteiger partial charge on any atom is 0.347 e. The highest BCUT2D eigenvalue weighted by molar-refractivity contribution is 6.31. The molecule has 0 spiro atoms. The lowest BCUT2D eigenvalue weighted by Crippen LogP contribution is -2.09. The van der Waals surface area contributed by atoms with E-state index in [0.29, 0.717) is 16.3 Å². The summed E-state index contributed by atoms with van der Waals surface area (Å²) in [6.45, 7) is 0. The number of esters is 1. The Hall–Kier alpha value is -2.59. The van der Waals surface area contributed by atoms with E-state index in [2.05, 4.69) is 4.98 Å². The Labute approximate surface area is 125 Å². The topological polar surface area (TPSA) is 59.4 Å². The Morgan fingerprint density at radius 3 is 2.81 bits per heavy atom. The summed E-state index contributed by atoms with van der Waals surface area (Å²) in [5, 5.41) is 10.9. The fourth-order valence-electron chi connectivity index (χ4n) is 1.99. The van der Waals surface area contributed by atoms with Crippen molar-refractivity contribution in [1.82, 2.24) is 4.98 Å². The molecule has 4 nitrogen and oxygen atoms in total. The molecule has 3 rings (SSSR count). The standard InChI is InChI=1S/C16H10ClNO3/c17-11-6-7-13(19)12(9-11)16(20)21-14-5-1-3-10-4-2-8-18-15(10)14/h1-9,19H. The number of nitrogens with zero attached hydrogens (tertiary/aromatic N) is 1. The summed E-state index contributed by atoms with van der Waals surface area (Å²) in [6, 6.07) is 13.2. The number of hydrogen-bond donors (Lipinski definition) is 1. The lowest BCUT2D eigenvalue weighted by Gasteiger charge is -2.08. The van der Waals surface area contributed by atoms with Gasteiger partial charge in [-0.3, -0.25) is 4.98 Å². The van der Waals surface area contributed by atoms with E-state index < -0.39 is 5.97 Å². The third-order valence-corrected chi connectivity index (χ3v) is 3.21. The molecule has 0 aliphatic rings. The Morgan fingerprint density at radius 2 is 1.95 bits per heavy atom. The first-order valence-corrected chi connectivity index (χ1v) is 6.57. The number of carbonyl (C=O) groups is 1. The molecule has 1 N–H and O–H groups in total. The van der Waals surface area contributed by atoms with E-state index in [0.717, 1.165) is 5.39 Å². The number of benzene rings is 2. The van der Waals surface area contributed by atoms with Gasteiger partial charge >= 0.3 is 5.97 Å². The van der Waals surface area contributed by atoms with Crippen LogP contribution in [0, 0.1) is 0 Å². The minimum Gasteiger partial charge on any atom is -0.507 e. The van der Waals surface area contributed by atoms with Gasteiger partial charge in [-0.15, -0.1) is 0 Å². The monoisotopic (exact) mass is 299 g/mol. The van der Waals surface area contributed by atoms with Crippen LogP contribution < -0.4 is 4.74 Å². The van der Waals surface area contributed by atoms with Crippen LogP contribution in [0.5, 0.6) is 11.5 Å². The van der Waals surface area contributed by atoms with Crippen LogP contribution in [-0.2, 0) is 0 Å². The first-order chi connectivity index (χ1) is 10.1. The van der Waals surface area contributed by atoms with Crippen LogP contribution >= 0.6 is 11.6 Å². The van der Waals surface area contributed by atoms with Crippen LogP contribution in [0.25, 0.3) is 10.9 Å². The molecule has 5 heteroatoms. The molecule has 1 heterocycles. The van der Waals surface area contributed by atoms with Crippen molar-refractivity contribution in [3.63, 3.8) is 0 Å². The highest BCUT2D eigenvalue weighted by Gasteiger charge is 2.15. The molecule has 0 aliphatic carbocycles. The number of rotatable bonds is 2. The minimum atomic E-state index is -0.687. The van der Waals surface area contributed by atoms with Crippen molar-refractivity contribution in [1.29, 1.82) is 0 Å². The number of pyridine rings is 1. The summed E-state index contributed by atoms with van der Waals surface area (Å²) >= 11 is 5.83. The molecule has 0 atom stereocenters. The molecule has 0 aliphatic heterocycles. The Balaban J connectivity index is 1.99. The van der Waals surface area contributed by atoms with Crippen molar-refractivity contribution < 1.29 is 14.6 Å². The summed E-state index contributed by atoms with van der Waals surface area (Å²) in [6.07, 6.45) is 1.62. The van der Waals surface area contributed by atoms with Crippen molar-refractivity contribution >= 4 is 28.5 Å². The Bertz CT molecular complexity index is 827. The zero-order valence-corrected chi connectivity index (χ0v) is 11.5. The normalized spacial score (nSPS) is 10.5. The third-order valence-electron chi connectivity index (χ3n) is 2.98. The molecule has 104 valence electrons. The summed E-state index contributed by atoms with van der Waals surface area (Å²) in [7, 11) is 0. The number of para-hydroxylation sites is 1. The van der Waals surface area contributed by atoms with Crippen molar-refractivity contribution in [2.75, 3.05) is 0 Å². The zero-order chi connectivity index (χ0) is 14.8. The summed E-state index contributed by atoms with van der Waals surface area (Å²) in [5.74, 6) is -0.539. The van der Waals surface area contributed by atoms with Gasteiger partial charge in [0, 0.05) is 16.6 Å². The molecule has 3 aromatic rings. The van der Waals surface area contributed by atoms with E-state index in [1.165, 1.54) is 18.2 Å². The maximum absolute atomic E-state index is 12.2. The highest BCUT2D eigenvalue weighted by atomic mass is 35.5. The number of fused-ring (bicyclic) bond motifs is 1. The number of ether oxygens (including phenoxy) is 1. The first-order valence-electron chi connectivity index (χ1n) is 6.19. The van der Waals surface area contributed by atoms with Gasteiger partial charge in [0.2, 0.25) is 0 Å². The predicted molar refractivity (Wildman–Crippen MR) is 79.8 cm³/mol. The van der Waals surface area contributed by atoms with Crippen LogP contribution in [-0.4, -0.2) is 16.1 Å². The zero-order valence-electron chi connectivity index (χ0n) is 10.8. The number of aromatic hydroxyl groups is 1. The summed E-state index contributed by atoms with van der Waals surface area (Å²) < 4.78 is 5.33. The lowest BCUT2D eigenvalue weighted by molar-refractivity contribution is 0.0733. The maximum atomic E-state index is 12.2. The van der Waals surface area contributed by atoms with Crippen LogP contribution in [0.1, 0.15) is 10.4 Å². The Morgan fingerprint density at radius 1 is 1.14 bits per heavy atom. The Kier molecular flexibility index (Phi) is 3.46. The van der Waals surface area contributed by atoms with Crippen LogP contribution in [0.4, 0.5) is 0 Å². The van der Waals surface area contributed by atoms with Gasteiger partial charge in [0.15, 0.2) is 5.75 Å². The van der Waals surface area contributed by atoms with E-state index in [1.807, 2.05) is 12.1 Å². The van der Waals surface area contributed by atoms with Crippen molar-refractivity contribution in [2.45, 2.75) is 0 Å². The van der Waals surface area contributed by atoms with E-state index in [9.17, 15) is 9.90 Å². The van der Waals surface area contributed by atoms with E-state index in [1.54, 1.807) is 24.4 Å². The summed E-state index contributed by atoms with van der Waals surface area (Å²) in [4.78, 5) is 16.4. The second-order valence-corrected chi connectivity index (χ2v) is 4.82. The molecular weight excluding hydrogens is 290 g/mol. The van der Waals surface area contributed by atoms with Crippen molar-refractivity contribution in [3.8, 4) is 11.5 Å². The largest absolute Gasteiger partial charge is 0.507 e. The second kappa shape index (κ2) is 5.42. The smallest absolute Gasteiger partial charge is 0.347 e. The molecule has 0 radical (unpaired) electrons. The summed E-state index contributed by atoms with van der Waals surface area (Å²) in [5.41, 5.74) is 0.588. The van der Waals surface area contributed by atoms with E-state index >= 15 is 0 Å². The van der Waals surface area contributed by atoms with Gasteiger partial charge in [-0.25, -0.2) is 4.79 Å². The van der Waals surface area contributed by atoms with Gasteiger partial charge < -0.3 is 9.84 Å². The van der Waals surface area contributed by atoms with E-state index in [-0.39, 0.29) is 11.3 Å². The first kappa shape index (κ1) is 13.4. The van der Waals surface area contributed by atoms with E-state index in [4.69, 9.17) is 16.3 Å². The van der Waals surface area contributed by atoms with Gasteiger partial charge in [0.1, 0.15) is 16.8 Å². The molecule has 0 saturated heterocycles. The lowest BCUT2D eigenvalue weighted by atomic mass is 10.2. The van der Waals surface area contributed by atoms with Gasteiger partial charge in [0.05, 0.1) is 0 Å². The molecular formula is C16H10ClNO3. The quantitative estimate of drug-likeness (QED) is 0.577. The third kappa shape index (κ3) is 2.66. The van der Waals surface area contributed by atoms with Crippen LogP contribution in [0.15, 0.2) is 54.7 Å². The fourth-order valence-corrected chi connectivity index (χ4v) is 2.16. The van der Waals surface area contributed by atoms with Crippen LogP contribution in [0.2, 0.25) is 5.02 Å². The molecule has 2 aromatic carbocycles. The number of phenolic OH excluding ortho intramolecular Hbond substituents is 1. The predicted octanol–water partition coefficient (Wildman–Crippen LogP) is 3.81. The fraction of sp³-hybridized carbons (Fsp3) is 0. The number of aromatic nitrogens is 1. The molecule has 0 unspecified atom stereocenters. The van der Waals surface area contributed by atoms with Crippen LogP contribution in [0.3, 0.4) is 0 Å². The average molecular weight is 300 g/mol. The molecule has 21 heavy (non-hydrogen) atoms. The van der Waals surface area contributed by atoms with Gasteiger partial charge in [-0.05, 0) is 30.3 Å². The van der Waals surface area contributed by atoms with Gasteiger partial charge in [-0.1, -0.05) is 29.8 Å². The number of carbonyl (C=O) groups excluding carboxylic acids is 1. The molecule has 0 saturated carbocycles. The molecule has 0 bridgehead atoms. The minimum absolute atomic E-state index is 0.00966. The second-order valence-electron chi connectivity index (χ2n) is 4.38. The highest BCUT2D eigenvalue weighted by Crippen LogP contribution is 2.26. The number of halogens is 1. The van der Waals surface area contributed by atoms with Crippen molar-refractivity contribution in [3.05, 3.63) is 65.3 Å². The van der Waals surface area contributed by atoms with Crippen molar-refractivity contribution in [2.24, 2.45) is 0 Å². The average Bonchev–Trinajstić information content (AvgIpc) is 2.50. The van der Waals surface area contributed by atoms with Gasteiger partial charge in [-0.2, -0.15) is 0 Å². The van der Waals surface area contributed by atoms with Gasteiger partial charge in [0.25, 0.3) is 0 Å². The SMILES string of the molecule is O=C(Oc1cccc2cccnc12)c1cc(Cl)ccc1O. The molecule has 0 fully saturated rings. The number of hydrogen-bond acceptors (Lipinski definition) is 4. The number of phenols is 1. The molecule has 1 aromatic heterocycles. The molecule has 0 amide bonds.